The van der Waals surface area contributed by atoms with E-state index in [2.05, 4.69) is 37.1 Å². The number of aromatic nitrogens is 6. The van der Waals surface area contributed by atoms with Crippen molar-refractivity contribution in [1.29, 1.82) is 5.26 Å². The zero-order valence-electron chi connectivity index (χ0n) is 21.6. The molecule has 0 unspecified atom stereocenters. The van der Waals surface area contributed by atoms with Crippen molar-refractivity contribution in [2.75, 3.05) is 30.5 Å². The van der Waals surface area contributed by atoms with Crippen LogP contribution in [0.25, 0.3) is 11.2 Å². The highest BCUT2D eigenvalue weighted by Crippen LogP contribution is 2.50. The van der Waals surface area contributed by atoms with Gasteiger partial charge in [-0.1, -0.05) is 6.42 Å². The summed E-state index contributed by atoms with van der Waals surface area (Å²) in [6, 6.07) is 7.37. The number of anilines is 3. The highest BCUT2D eigenvalue weighted by Gasteiger charge is 2.45. The molecule has 0 radical (unpaired) electrons. The van der Waals surface area contributed by atoms with E-state index in [1.807, 2.05) is 0 Å². The van der Waals surface area contributed by atoms with E-state index in [-0.39, 0.29) is 35.7 Å². The van der Waals surface area contributed by atoms with Crippen LogP contribution in [0.2, 0.25) is 0 Å². The van der Waals surface area contributed by atoms with Crippen molar-refractivity contribution in [3.8, 4) is 17.6 Å². The van der Waals surface area contributed by atoms with Crippen LogP contribution in [-0.2, 0) is 23.7 Å². The summed E-state index contributed by atoms with van der Waals surface area (Å²) >= 11 is 0. The molecular formula is C26H27N9O4. The lowest BCUT2D eigenvalue weighted by molar-refractivity contribution is 0.186. The van der Waals surface area contributed by atoms with Gasteiger partial charge in [-0.25, -0.2) is 14.8 Å². The second-order valence-electron chi connectivity index (χ2n) is 9.80. The van der Waals surface area contributed by atoms with Crippen molar-refractivity contribution in [3.63, 3.8) is 0 Å². The predicted molar refractivity (Wildman–Crippen MR) is 140 cm³/mol. The highest BCUT2D eigenvalue weighted by atomic mass is 16.5. The van der Waals surface area contributed by atoms with E-state index in [4.69, 9.17) is 14.6 Å². The van der Waals surface area contributed by atoms with E-state index in [0.717, 1.165) is 17.9 Å². The summed E-state index contributed by atoms with van der Waals surface area (Å²) in [5.74, 6) is 1.91. The number of ether oxygens (including phenoxy) is 2. The van der Waals surface area contributed by atoms with Gasteiger partial charge in [0.1, 0.15) is 28.7 Å². The molecule has 4 aromatic heterocycles. The summed E-state index contributed by atoms with van der Waals surface area (Å²) in [5.41, 5.74) is 2.69. The molecule has 1 spiro atoms. The molecule has 2 N–H and O–H groups in total. The molecule has 0 saturated heterocycles. The van der Waals surface area contributed by atoms with Crippen LogP contribution in [0.4, 0.5) is 22.4 Å². The van der Waals surface area contributed by atoms with Gasteiger partial charge in [0.2, 0.25) is 5.95 Å². The van der Waals surface area contributed by atoms with Gasteiger partial charge in [0, 0.05) is 50.1 Å². The van der Waals surface area contributed by atoms with Crippen molar-refractivity contribution < 1.29 is 19.4 Å². The molecule has 0 atom stereocenters. The minimum atomic E-state index is -1.17. The number of hydrogen-bond donors (Lipinski definition) is 2. The Balaban J connectivity index is 1.28. The summed E-state index contributed by atoms with van der Waals surface area (Å²) in [6.07, 6.45) is 6.54. The number of amides is 1. The van der Waals surface area contributed by atoms with Crippen LogP contribution in [0.3, 0.4) is 0 Å². The van der Waals surface area contributed by atoms with Crippen molar-refractivity contribution in [1.82, 2.24) is 29.3 Å². The number of pyridine rings is 2. The fraction of sp³-hybridized carbons (Fsp3) is 0.385. The molecule has 6 rings (SSSR count). The van der Waals surface area contributed by atoms with E-state index >= 15 is 0 Å². The molecule has 13 heteroatoms. The number of carboxylic acid groups (broad SMARTS) is 1. The normalized spacial score (nSPS) is 15.1. The van der Waals surface area contributed by atoms with E-state index in [0.29, 0.717) is 28.7 Å². The Hall–Kier alpha value is -4.70. The van der Waals surface area contributed by atoms with Crippen LogP contribution in [-0.4, -0.2) is 60.8 Å². The van der Waals surface area contributed by atoms with Gasteiger partial charge in [0.15, 0.2) is 17.2 Å². The third-order valence-electron chi connectivity index (χ3n) is 7.62. The standard InChI is InChI=1S/C26H27N9O4/c1-33-22-17(14-27)18(39-16-4-8-28-21(12-16)34(25(36)37)10-11-38-2)15-29-23(22)31-24(33)30-20-13-19-26(5-3-6-26)7-9-35(19)32-20/h4,8,12-13,15H,3,5-7,9-11H2,1-2H3,(H,36,37)(H,29,30,31,32). The fourth-order valence-corrected chi connectivity index (χ4v) is 5.43. The van der Waals surface area contributed by atoms with Crippen LogP contribution in [0.15, 0.2) is 30.6 Å². The Morgan fingerprint density at radius 1 is 1.31 bits per heavy atom. The van der Waals surface area contributed by atoms with Crippen LogP contribution >= 0.6 is 0 Å². The number of aryl methyl sites for hydroxylation is 2. The van der Waals surface area contributed by atoms with Crippen molar-refractivity contribution in [3.05, 3.63) is 41.9 Å². The second kappa shape index (κ2) is 9.55. The van der Waals surface area contributed by atoms with Gasteiger partial charge >= 0.3 is 6.09 Å². The van der Waals surface area contributed by atoms with Crippen LogP contribution < -0.4 is 15.0 Å². The molecule has 5 heterocycles. The molecule has 1 saturated carbocycles. The summed E-state index contributed by atoms with van der Waals surface area (Å²) < 4.78 is 14.8. The first-order valence-electron chi connectivity index (χ1n) is 12.7. The van der Waals surface area contributed by atoms with E-state index < -0.39 is 6.09 Å². The van der Waals surface area contributed by atoms with Gasteiger partial charge in [0.25, 0.3) is 0 Å². The first-order chi connectivity index (χ1) is 18.9. The van der Waals surface area contributed by atoms with Crippen LogP contribution in [0, 0.1) is 11.3 Å². The molecule has 1 amide bonds. The van der Waals surface area contributed by atoms with Gasteiger partial charge in [-0.15, -0.1) is 0 Å². The summed E-state index contributed by atoms with van der Waals surface area (Å²) in [7, 11) is 3.29. The quantitative estimate of drug-likeness (QED) is 0.343. The Bertz CT molecular complexity index is 1620. The maximum Gasteiger partial charge on any atom is 0.413 e. The molecule has 1 aliphatic carbocycles. The fourth-order valence-electron chi connectivity index (χ4n) is 5.43. The lowest BCUT2D eigenvalue weighted by Crippen LogP contribution is -2.33. The van der Waals surface area contributed by atoms with Gasteiger partial charge in [0.05, 0.1) is 19.3 Å². The number of hydrogen-bond acceptors (Lipinski definition) is 9. The number of carbonyl (C=O) groups is 1. The minimum Gasteiger partial charge on any atom is -0.465 e. The number of nitriles is 1. The number of imidazole rings is 1. The molecule has 0 aromatic carbocycles. The predicted octanol–water partition coefficient (Wildman–Crippen LogP) is 3.92. The summed E-state index contributed by atoms with van der Waals surface area (Å²) in [5, 5.41) is 27.6. The number of rotatable bonds is 8. The molecule has 39 heavy (non-hydrogen) atoms. The number of nitrogens with one attached hydrogen (secondary N) is 1. The van der Waals surface area contributed by atoms with Gasteiger partial charge in [-0.3, -0.25) is 9.58 Å². The Morgan fingerprint density at radius 2 is 2.15 bits per heavy atom. The molecule has 13 nitrogen and oxygen atoms in total. The van der Waals surface area contributed by atoms with Crippen LogP contribution in [0.1, 0.15) is 36.9 Å². The van der Waals surface area contributed by atoms with Crippen molar-refractivity contribution in [2.24, 2.45) is 7.05 Å². The average Bonchev–Trinajstić information content (AvgIpc) is 3.56. The zero-order chi connectivity index (χ0) is 27.1. The van der Waals surface area contributed by atoms with E-state index in [9.17, 15) is 15.2 Å². The molecule has 0 bridgehead atoms. The van der Waals surface area contributed by atoms with Gasteiger partial charge in [-0.2, -0.15) is 15.3 Å². The first-order valence-corrected chi connectivity index (χ1v) is 12.7. The molecule has 2 aliphatic rings. The topological polar surface area (TPSA) is 156 Å². The molecule has 200 valence electrons. The molecule has 4 aromatic rings. The smallest absolute Gasteiger partial charge is 0.413 e. The second-order valence-corrected chi connectivity index (χ2v) is 9.80. The third-order valence-corrected chi connectivity index (χ3v) is 7.62. The van der Waals surface area contributed by atoms with Crippen molar-refractivity contribution in [2.45, 2.75) is 37.6 Å². The third kappa shape index (κ3) is 4.18. The number of methoxy groups -OCH3 is 1. The molecule has 1 fully saturated rings. The zero-order valence-corrected chi connectivity index (χ0v) is 21.6. The largest absolute Gasteiger partial charge is 0.465 e. The lowest BCUT2D eigenvalue weighted by atomic mass is 9.66. The summed E-state index contributed by atoms with van der Waals surface area (Å²) in [6.45, 7) is 1.23. The summed E-state index contributed by atoms with van der Waals surface area (Å²) in [4.78, 5) is 25.9. The monoisotopic (exact) mass is 529 g/mol. The number of fused-ring (bicyclic) bond motifs is 3. The Labute approximate surface area is 223 Å². The average molecular weight is 530 g/mol. The highest BCUT2D eigenvalue weighted by molar-refractivity contribution is 5.85. The lowest BCUT2D eigenvalue weighted by Gasteiger charge is -2.37. The molecular weight excluding hydrogens is 502 g/mol. The van der Waals surface area contributed by atoms with Gasteiger partial charge < -0.3 is 24.5 Å². The van der Waals surface area contributed by atoms with Gasteiger partial charge in [-0.05, 0) is 25.3 Å². The Morgan fingerprint density at radius 3 is 2.87 bits per heavy atom. The van der Waals surface area contributed by atoms with E-state index in [1.54, 1.807) is 17.7 Å². The van der Waals surface area contributed by atoms with Crippen molar-refractivity contribution >= 4 is 34.8 Å². The van der Waals surface area contributed by atoms with E-state index in [1.165, 1.54) is 50.5 Å². The minimum absolute atomic E-state index is 0.102. The Kier molecular flexibility index (Phi) is 6.03. The maximum absolute atomic E-state index is 11.7. The SMILES string of the molecule is COCCN(C(=O)O)c1cc(Oc2cnc3nc(Nc4cc5n(n4)CCC54CCC4)n(C)c3c2C#N)ccn1. The number of nitrogens with zero attached hydrogens (tertiary/aromatic N) is 8. The first kappa shape index (κ1) is 24.6. The molecule has 1 aliphatic heterocycles. The maximum atomic E-state index is 11.7. The van der Waals surface area contributed by atoms with Crippen LogP contribution in [0.5, 0.6) is 11.5 Å².